The lowest BCUT2D eigenvalue weighted by Gasteiger charge is -1.96. The van der Waals surface area contributed by atoms with Gasteiger partial charge >= 0.3 is 6.09 Å². The Hall–Kier alpha value is -0.380. The van der Waals surface area contributed by atoms with Gasteiger partial charge in [-0.3, -0.25) is 0 Å². The lowest BCUT2D eigenvalue weighted by Crippen LogP contribution is -2.21. The van der Waals surface area contributed by atoms with Crippen LogP contribution in [0.5, 0.6) is 0 Å². The van der Waals surface area contributed by atoms with E-state index in [9.17, 15) is 4.79 Å². The van der Waals surface area contributed by atoms with Gasteiger partial charge in [-0.1, -0.05) is 0 Å². The molecule has 0 aliphatic carbocycles. The third-order valence-electron chi connectivity index (χ3n) is 0.861. The number of amides is 1. The first-order valence-corrected chi connectivity index (χ1v) is 3.48. The predicted molar refractivity (Wildman–Crippen MR) is 39.1 cm³/mol. The molecule has 0 rings (SSSR count). The molecule has 3 nitrogen and oxygen atoms in total. The Morgan fingerprint density at radius 3 is 2.67 bits per heavy atom. The van der Waals surface area contributed by atoms with E-state index in [0.717, 1.165) is 18.6 Å². The summed E-state index contributed by atoms with van der Waals surface area (Å²) in [5.41, 5.74) is 0. The van der Waals surface area contributed by atoms with E-state index in [1.165, 1.54) is 0 Å². The smallest absolute Gasteiger partial charge is 0.404 e. The second-order valence-corrected chi connectivity index (χ2v) is 2.11. The highest BCUT2D eigenvalue weighted by Crippen LogP contribution is 1.88. The molecule has 0 atom stereocenters. The molecule has 0 bridgehead atoms. The van der Waals surface area contributed by atoms with Crippen LogP contribution in [0, 0.1) is 0 Å². The molecule has 0 saturated heterocycles. The van der Waals surface area contributed by atoms with E-state index in [0.29, 0.717) is 6.54 Å². The number of nitrogens with one attached hydrogen (secondary N) is 1. The lowest BCUT2D eigenvalue weighted by molar-refractivity contribution is 0.194. The van der Waals surface area contributed by atoms with Crippen LogP contribution in [0.15, 0.2) is 0 Å². The van der Waals surface area contributed by atoms with E-state index in [1.54, 1.807) is 0 Å². The molecule has 0 aliphatic heterocycles. The van der Waals surface area contributed by atoms with Crippen LogP contribution in [0.2, 0.25) is 0 Å². The fourth-order valence-corrected chi connectivity index (χ4v) is 0.656. The summed E-state index contributed by atoms with van der Waals surface area (Å²) in [6.07, 6.45) is 0.883. The molecule has 0 saturated carbocycles. The molecular formula is C5H11NO2S. The highest BCUT2D eigenvalue weighted by molar-refractivity contribution is 7.80. The van der Waals surface area contributed by atoms with Crippen LogP contribution < -0.4 is 5.32 Å². The van der Waals surface area contributed by atoms with E-state index in [1.807, 2.05) is 0 Å². The Morgan fingerprint density at radius 2 is 2.22 bits per heavy atom. The van der Waals surface area contributed by atoms with Gasteiger partial charge in [-0.05, 0) is 18.6 Å². The fraction of sp³-hybridized carbons (Fsp3) is 0.800. The third-order valence-corrected chi connectivity index (χ3v) is 1.18. The first kappa shape index (κ1) is 8.62. The van der Waals surface area contributed by atoms with Gasteiger partial charge in [0.2, 0.25) is 0 Å². The van der Waals surface area contributed by atoms with E-state index < -0.39 is 6.09 Å². The highest BCUT2D eigenvalue weighted by atomic mass is 32.1. The summed E-state index contributed by atoms with van der Waals surface area (Å²) in [7, 11) is 0. The van der Waals surface area contributed by atoms with Crippen molar-refractivity contribution in [2.45, 2.75) is 12.8 Å². The summed E-state index contributed by atoms with van der Waals surface area (Å²) in [6.45, 7) is 0.538. The van der Waals surface area contributed by atoms with E-state index >= 15 is 0 Å². The van der Waals surface area contributed by atoms with Gasteiger partial charge in [0.1, 0.15) is 0 Å². The van der Waals surface area contributed by atoms with Crippen LogP contribution in [0.4, 0.5) is 4.79 Å². The van der Waals surface area contributed by atoms with Gasteiger partial charge in [-0.2, -0.15) is 12.6 Å². The Balaban J connectivity index is 2.83. The summed E-state index contributed by atoms with van der Waals surface area (Å²) in [5.74, 6) is 0.821. The second-order valence-electron chi connectivity index (χ2n) is 1.66. The molecule has 2 N–H and O–H groups in total. The van der Waals surface area contributed by atoms with Crippen molar-refractivity contribution in [2.75, 3.05) is 12.3 Å². The summed E-state index contributed by atoms with van der Waals surface area (Å²) < 4.78 is 0. The highest BCUT2D eigenvalue weighted by Gasteiger charge is 1.90. The number of thiol groups is 1. The van der Waals surface area contributed by atoms with Crippen molar-refractivity contribution in [1.82, 2.24) is 5.32 Å². The Kier molecular flexibility index (Phi) is 5.51. The molecule has 0 heterocycles. The minimum Gasteiger partial charge on any atom is -0.465 e. The van der Waals surface area contributed by atoms with Crippen molar-refractivity contribution in [3.8, 4) is 0 Å². The zero-order chi connectivity index (χ0) is 7.11. The topological polar surface area (TPSA) is 49.3 Å². The van der Waals surface area contributed by atoms with E-state index in [-0.39, 0.29) is 0 Å². The monoisotopic (exact) mass is 149 g/mol. The molecule has 0 fully saturated rings. The van der Waals surface area contributed by atoms with Gasteiger partial charge in [0.05, 0.1) is 0 Å². The van der Waals surface area contributed by atoms with Crippen LogP contribution in [0.3, 0.4) is 0 Å². The van der Waals surface area contributed by atoms with Crippen LogP contribution >= 0.6 is 12.6 Å². The summed E-state index contributed by atoms with van der Waals surface area (Å²) in [5, 5.41) is 10.3. The quantitative estimate of drug-likeness (QED) is 0.412. The molecule has 1 amide bonds. The molecule has 0 spiro atoms. The van der Waals surface area contributed by atoms with Crippen LogP contribution in [-0.4, -0.2) is 23.5 Å². The SMILES string of the molecule is O=C(O)NCCCCS. The van der Waals surface area contributed by atoms with Crippen LogP contribution in [0.1, 0.15) is 12.8 Å². The Labute approximate surface area is 59.9 Å². The van der Waals surface area contributed by atoms with Gasteiger partial charge < -0.3 is 10.4 Å². The molecule has 0 radical (unpaired) electrons. The number of rotatable bonds is 4. The average molecular weight is 149 g/mol. The maximum atomic E-state index is 9.83. The number of unbranched alkanes of at least 4 members (excludes halogenated alkanes) is 1. The van der Waals surface area contributed by atoms with E-state index in [4.69, 9.17) is 5.11 Å². The second kappa shape index (κ2) is 5.75. The number of carboxylic acid groups (broad SMARTS) is 1. The molecule has 4 heteroatoms. The minimum absolute atomic E-state index is 0.538. The normalized spacial score (nSPS) is 9.00. The van der Waals surface area contributed by atoms with E-state index in [2.05, 4.69) is 17.9 Å². The van der Waals surface area contributed by atoms with Crippen molar-refractivity contribution in [3.05, 3.63) is 0 Å². The molecule has 0 unspecified atom stereocenters. The standard InChI is InChI=1S/C5H11NO2S/c7-5(8)6-3-1-2-4-9/h6,9H,1-4H2,(H,7,8). The average Bonchev–Trinajstić information content (AvgIpc) is 1.80. The molecule has 9 heavy (non-hydrogen) atoms. The van der Waals surface area contributed by atoms with Gasteiger partial charge in [-0.15, -0.1) is 0 Å². The lowest BCUT2D eigenvalue weighted by atomic mass is 10.3. The fourth-order valence-electron chi connectivity index (χ4n) is 0.432. The Morgan fingerprint density at radius 1 is 1.56 bits per heavy atom. The Bertz CT molecular complexity index is 87.0. The van der Waals surface area contributed by atoms with Crippen molar-refractivity contribution >= 4 is 18.7 Å². The van der Waals surface area contributed by atoms with Gasteiger partial charge in [0, 0.05) is 6.54 Å². The summed E-state index contributed by atoms with van der Waals surface area (Å²) in [6, 6.07) is 0. The maximum absolute atomic E-state index is 9.83. The minimum atomic E-state index is -0.950. The van der Waals surface area contributed by atoms with Crippen molar-refractivity contribution < 1.29 is 9.90 Å². The number of hydrogen-bond acceptors (Lipinski definition) is 2. The largest absolute Gasteiger partial charge is 0.465 e. The van der Waals surface area contributed by atoms with Gasteiger partial charge in [-0.25, -0.2) is 4.79 Å². The molecule has 0 aromatic carbocycles. The zero-order valence-electron chi connectivity index (χ0n) is 5.13. The molecule has 54 valence electrons. The number of hydrogen-bond donors (Lipinski definition) is 3. The first-order valence-electron chi connectivity index (χ1n) is 2.85. The summed E-state index contributed by atoms with van der Waals surface area (Å²) in [4.78, 5) is 9.83. The van der Waals surface area contributed by atoms with Gasteiger partial charge in [0.15, 0.2) is 0 Å². The summed E-state index contributed by atoms with van der Waals surface area (Å²) >= 11 is 3.97. The zero-order valence-corrected chi connectivity index (χ0v) is 6.03. The molecule has 0 aromatic heterocycles. The molecule has 0 aromatic rings. The van der Waals surface area contributed by atoms with Crippen LogP contribution in [-0.2, 0) is 0 Å². The van der Waals surface area contributed by atoms with Crippen molar-refractivity contribution in [2.24, 2.45) is 0 Å². The molecular weight excluding hydrogens is 138 g/mol. The van der Waals surface area contributed by atoms with Crippen molar-refractivity contribution in [1.29, 1.82) is 0 Å². The third kappa shape index (κ3) is 7.62. The van der Waals surface area contributed by atoms with Gasteiger partial charge in [0.25, 0.3) is 0 Å². The molecule has 0 aliphatic rings. The number of carbonyl (C=O) groups is 1. The maximum Gasteiger partial charge on any atom is 0.404 e. The van der Waals surface area contributed by atoms with Crippen LogP contribution in [0.25, 0.3) is 0 Å². The first-order chi connectivity index (χ1) is 4.27. The predicted octanol–water partition coefficient (Wildman–Crippen LogP) is 0.964. The van der Waals surface area contributed by atoms with Crippen molar-refractivity contribution in [3.63, 3.8) is 0 Å².